The largest absolute Gasteiger partial charge is 0 e. The van der Waals surface area contributed by atoms with Crippen molar-refractivity contribution in [2.75, 3.05) is 0 Å². The minimum absolute atomic E-state index is 0. The van der Waals surface area contributed by atoms with E-state index in [0.29, 0.717) is 0 Å². The third-order valence-electron chi connectivity index (χ3n) is 5.62. The molecule has 2 rings (SSSR count). The van der Waals surface area contributed by atoms with Crippen molar-refractivity contribution in [2.24, 2.45) is 0 Å². The molecule has 8 heteroatoms. The smallest absolute Gasteiger partial charge is 0 e. The van der Waals surface area contributed by atoms with Crippen LogP contribution in [-0.2, 0) is 62.6 Å². The molecule has 0 aromatic heterocycles. The van der Waals surface area contributed by atoms with Gasteiger partial charge in [-0.3, -0.25) is 0 Å². The van der Waals surface area contributed by atoms with Gasteiger partial charge in [-0.05, 0) is 59.2 Å². The quantitative estimate of drug-likeness (QED) is 0.275. The third-order valence-corrected chi connectivity index (χ3v) is 5.62. The maximum absolute atomic E-state index is 7.50. The first kappa shape index (κ1) is 54.4. The first-order valence-corrected chi connectivity index (χ1v) is 8.72. The van der Waals surface area contributed by atoms with E-state index in [4.69, 9.17) is 27.9 Å². The van der Waals surface area contributed by atoms with Gasteiger partial charge in [0.25, 0.3) is 0 Å². The molecule has 0 aromatic carbocycles. The summed E-state index contributed by atoms with van der Waals surface area (Å²) in [5, 5.41) is 0. The predicted molar refractivity (Wildman–Crippen MR) is 113 cm³/mol. The Morgan fingerprint density at radius 2 is 0.265 bits per heavy atom. The minimum atomic E-state index is 0. The second-order valence-corrected chi connectivity index (χ2v) is 6.25. The number of hydrogen-bond acceptors (Lipinski definition) is 0. The summed E-state index contributed by atoms with van der Waals surface area (Å²) in [6.07, 6.45) is 0. The van der Waals surface area contributed by atoms with Crippen molar-refractivity contribution in [2.45, 2.75) is 69.2 Å². The minimum Gasteiger partial charge on any atom is 0 e. The summed E-state index contributed by atoms with van der Waals surface area (Å²) in [6, 6.07) is 0. The molecular formula is C26H30Cr2O6. The van der Waals surface area contributed by atoms with Crippen LogP contribution < -0.4 is 0 Å². The van der Waals surface area contributed by atoms with Crippen molar-refractivity contribution in [3.05, 3.63) is 99.1 Å². The maximum atomic E-state index is 7.50. The molecule has 182 valence electrons. The second-order valence-electron chi connectivity index (χ2n) is 6.25. The molecule has 6 nitrogen and oxygen atoms in total. The van der Waals surface area contributed by atoms with Gasteiger partial charge in [0.2, 0.25) is 0 Å². The van der Waals surface area contributed by atoms with Crippen molar-refractivity contribution < 1.29 is 62.6 Å². The van der Waals surface area contributed by atoms with E-state index in [2.05, 4.69) is 109 Å². The fourth-order valence-corrected chi connectivity index (χ4v) is 2.81. The van der Waals surface area contributed by atoms with Gasteiger partial charge in [0.1, 0.15) is 0 Å². The van der Waals surface area contributed by atoms with E-state index in [-0.39, 0.29) is 34.7 Å². The molecule has 0 N–H and O–H groups in total. The van der Waals surface area contributed by atoms with Crippen molar-refractivity contribution in [3.8, 4) is 0 Å². The Morgan fingerprint density at radius 1 is 0.235 bits per heavy atom. The first-order valence-electron chi connectivity index (χ1n) is 8.72. The Labute approximate surface area is 230 Å². The van der Waals surface area contributed by atoms with Gasteiger partial charge < -0.3 is 0 Å². The SMILES string of the molecule is C[C]1[C](C)[C](C)[C](C)[C]1C.C[C]1[C](C)[C](C)[C](C)[C]1C.[C-]#[O+].[C-]#[O+].[C-]#[O+].[C-]#[O+].[C-]#[O+].[C-]#[O+].[Cr].[Cr]. The second kappa shape index (κ2) is 37.1. The van der Waals surface area contributed by atoms with Crippen molar-refractivity contribution in [3.63, 3.8) is 0 Å². The summed E-state index contributed by atoms with van der Waals surface area (Å²) in [5.74, 6) is 14.7. The van der Waals surface area contributed by atoms with Gasteiger partial charge in [-0.25, -0.2) is 0 Å². The molecule has 0 atom stereocenters. The van der Waals surface area contributed by atoms with Gasteiger partial charge in [0.05, 0.1) is 0 Å². The molecule has 0 unspecified atom stereocenters. The van der Waals surface area contributed by atoms with E-state index in [1.807, 2.05) is 0 Å². The molecule has 0 aromatic rings. The van der Waals surface area contributed by atoms with Gasteiger partial charge >= 0.3 is 67.8 Å². The summed E-state index contributed by atoms with van der Waals surface area (Å²) in [6.45, 7) is 49.0. The van der Waals surface area contributed by atoms with E-state index in [1.165, 1.54) is 59.2 Å². The molecule has 0 bridgehead atoms. The molecule has 0 spiro atoms. The zero-order valence-corrected chi connectivity index (χ0v) is 23.8. The Bertz CT molecular complexity index is 375. The topological polar surface area (TPSA) is 119 Å². The van der Waals surface area contributed by atoms with Gasteiger partial charge in [0.15, 0.2) is 0 Å². The summed E-state index contributed by atoms with van der Waals surface area (Å²) in [5.41, 5.74) is 0. The van der Waals surface area contributed by atoms with Crippen LogP contribution in [0.4, 0.5) is 0 Å². The molecule has 0 saturated heterocycles. The third kappa shape index (κ3) is 18.8. The average Bonchev–Trinajstić information content (AvgIpc) is 3.16. The molecule has 0 aliphatic heterocycles. The number of hydrogen-bond donors (Lipinski definition) is 0. The van der Waals surface area contributed by atoms with Crippen LogP contribution in [0.1, 0.15) is 69.2 Å². The summed E-state index contributed by atoms with van der Waals surface area (Å²) in [7, 11) is 0. The fraction of sp³-hybridized carbons (Fsp3) is 0.385. The number of rotatable bonds is 0. The van der Waals surface area contributed by atoms with Crippen LogP contribution >= 0.6 is 0 Å². The van der Waals surface area contributed by atoms with E-state index >= 15 is 0 Å². The van der Waals surface area contributed by atoms with Crippen molar-refractivity contribution >= 4 is 0 Å². The summed E-state index contributed by atoms with van der Waals surface area (Å²) in [4.78, 5) is 0. The van der Waals surface area contributed by atoms with Crippen molar-refractivity contribution in [1.82, 2.24) is 0 Å². The maximum Gasteiger partial charge on any atom is 0 e. The van der Waals surface area contributed by atoms with Crippen molar-refractivity contribution in [1.29, 1.82) is 0 Å². The van der Waals surface area contributed by atoms with E-state index < -0.39 is 0 Å². The zero-order valence-electron chi connectivity index (χ0n) is 21.3. The van der Waals surface area contributed by atoms with Crippen LogP contribution in [0.25, 0.3) is 0 Å². The average molecular weight is 543 g/mol. The Balaban J connectivity index is -0.0000000442. The molecule has 2 saturated carbocycles. The fourth-order valence-electron chi connectivity index (χ4n) is 2.81. The van der Waals surface area contributed by atoms with E-state index in [1.54, 1.807) is 0 Å². The van der Waals surface area contributed by atoms with Crippen LogP contribution in [0.2, 0.25) is 0 Å². The summed E-state index contributed by atoms with van der Waals surface area (Å²) >= 11 is 0. The molecular weight excluding hydrogens is 512 g/mol. The molecule has 2 aliphatic rings. The Hall–Kier alpha value is -0.495. The Morgan fingerprint density at radius 3 is 0.294 bits per heavy atom. The standard InChI is InChI=1S/2C10H15.6CO.2Cr/c2*1-6-7(2)9(4)10(5)8(6)3;6*1-2;;/h2*1-5H3;;;;;;;;. The molecule has 2 aliphatic carbocycles. The van der Waals surface area contributed by atoms with Crippen LogP contribution in [0.5, 0.6) is 0 Å². The van der Waals surface area contributed by atoms with E-state index in [0.717, 1.165) is 0 Å². The van der Waals surface area contributed by atoms with Crippen LogP contribution in [0.15, 0.2) is 0 Å². The normalized spacial score (nSPS) is 17.1. The van der Waals surface area contributed by atoms with Crippen LogP contribution in [-0.4, -0.2) is 0 Å². The Kier molecular flexibility index (Phi) is 59.3. The van der Waals surface area contributed by atoms with E-state index in [9.17, 15) is 0 Å². The molecule has 10 radical (unpaired) electrons. The first-order chi connectivity index (χ1) is 15.1. The predicted octanol–water partition coefficient (Wildman–Crippen LogP) is 5.71. The van der Waals surface area contributed by atoms with Gasteiger partial charge in [-0.15, -0.1) is 0 Å². The van der Waals surface area contributed by atoms with Gasteiger partial charge in [-0.1, -0.05) is 69.2 Å². The van der Waals surface area contributed by atoms with Gasteiger partial charge in [-0.2, -0.15) is 0 Å². The van der Waals surface area contributed by atoms with Crippen LogP contribution in [0, 0.1) is 99.1 Å². The molecule has 0 heterocycles. The monoisotopic (exact) mass is 542 g/mol. The molecule has 0 amide bonds. The van der Waals surface area contributed by atoms with Gasteiger partial charge in [0, 0.05) is 34.7 Å². The van der Waals surface area contributed by atoms with Crippen LogP contribution in [0.3, 0.4) is 0 Å². The zero-order chi connectivity index (χ0) is 27.8. The summed E-state index contributed by atoms with van der Waals surface area (Å²) < 4.78 is 45.0. The molecule has 2 fully saturated rings. The molecule has 34 heavy (non-hydrogen) atoms.